The average molecular weight is 550 g/mol. The minimum atomic E-state index is -1.83. The number of nitrogen functional groups attached to an aromatic ring is 1. The third-order valence-corrected chi connectivity index (χ3v) is 5.50. The van der Waals surface area contributed by atoms with E-state index in [2.05, 4.69) is 16.0 Å². The van der Waals surface area contributed by atoms with E-state index in [1.54, 1.807) is 45.0 Å². The Morgan fingerprint density at radius 2 is 1.62 bits per heavy atom. The second kappa shape index (κ2) is 15.9. The Morgan fingerprint density at radius 1 is 1.05 bits per heavy atom. The van der Waals surface area contributed by atoms with Gasteiger partial charge in [0, 0.05) is 18.0 Å². The molecule has 1 aliphatic rings. The number of carbonyl (C=O) groups excluding carboxylic acids is 4. The molecular weight excluding hydrogens is 510 g/mol. The number of carbonyl (C=O) groups is 5. The van der Waals surface area contributed by atoms with Crippen LogP contribution >= 0.6 is 0 Å². The molecule has 0 unspecified atom stereocenters. The molecule has 0 aliphatic heterocycles. The van der Waals surface area contributed by atoms with Gasteiger partial charge in [0.15, 0.2) is 0 Å². The van der Waals surface area contributed by atoms with E-state index in [1.165, 1.54) is 0 Å². The quantitative estimate of drug-likeness (QED) is 0.121. The van der Waals surface area contributed by atoms with Crippen LogP contribution in [0.4, 0.5) is 4.79 Å². The maximum Gasteiger partial charge on any atom is 0.503 e. The lowest BCUT2D eigenvalue weighted by Gasteiger charge is -2.24. The van der Waals surface area contributed by atoms with Crippen LogP contribution in [-0.2, 0) is 30.3 Å². The number of amides is 3. The monoisotopic (exact) mass is 549 g/mol. The van der Waals surface area contributed by atoms with E-state index >= 15 is 0 Å². The van der Waals surface area contributed by atoms with Crippen molar-refractivity contribution in [1.29, 1.82) is 5.41 Å². The van der Waals surface area contributed by atoms with E-state index in [-0.39, 0.29) is 37.2 Å². The van der Waals surface area contributed by atoms with Gasteiger partial charge in [-0.1, -0.05) is 37.1 Å². The summed E-state index contributed by atoms with van der Waals surface area (Å²) < 4.78 is 5.30. The van der Waals surface area contributed by atoms with Crippen LogP contribution < -0.4 is 21.7 Å². The highest BCUT2D eigenvalue weighted by molar-refractivity contribution is 5.95. The highest BCUT2D eigenvalue weighted by atomic mass is 16.6. The third-order valence-electron chi connectivity index (χ3n) is 5.50. The molecule has 216 valence electrons. The fourth-order valence-corrected chi connectivity index (χ4v) is 3.75. The van der Waals surface area contributed by atoms with Crippen molar-refractivity contribution >= 4 is 35.7 Å². The molecule has 3 amide bonds. The Kier molecular flexibility index (Phi) is 13.4. The standard InChI is InChI=1S/C25H37N5O5.CH2O3/c1-25(2,3)35-22(33)14-19(24(34)29-18-6-4-5-7-18)30-21(32)15-28-20(31)13-10-16-8-11-17(12-9-16)23(26)27;2-1(3)4/h8-9,11-12,18-19H,4-7,10,13-15H2,1-3H3,(H3,26,27)(H,28,31)(H,29,34)(H,30,32);(H2,2,3,4)/t19-;/m0./s1. The number of hydrogen-bond donors (Lipinski definition) is 7. The Bertz CT molecular complexity index is 1010. The van der Waals surface area contributed by atoms with Crippen molar-refractivity contribution in [3.05, 3.63) is 35.4 Å². The van der Waals surface area contributed by atoms with Gasteiger partial charge >= 0.3 is 12.1 Å². The van der Waals surface area contributed by atoms with Gasteiger partial charge in [-0.3, -0.25) is 24.6 Å². The molecule has 1 aromatic rings. The van der Waals surface area contributed by atoms with E-state index in [0.29, 0.717) is 12.0 Å². The fraction of sp³-hybridized carbons (Fsp3) is 0.538. The fourth-order valence-electron chi connectivity index (χ4n) is 3.75. The van der Waals surface area contributed by atoms with E-state index in [4.69, 9.17) is 30.9 Å². The Balaban J connectivity index is 0.00000177. The number of nitrogens with one attached hydrogen (secondary N) is 4. The summed E-state index contributed by atoms with van der Waals surface area (Å²) >= 11 is 0. The average Bonchev–Trinajstić information content (AvgIpc) is 3.32. The van der Waals surface area contributed by atoms with Gasteiger partial charge in [0.05, 0.1) is 13.0 Å². The zero-order valence-corrected chi connectivity index (χ0v) is 22.5. The molecule has 0 saturated heterocycles. The first-order valence-electron chi connectivity index (χ1n) is 12.6. The molecule has 0 radical (unpaired) electrons. The van der Waals surface area contributed by atoms with Gasteiger partial charge in [-0.15, -0.1) is 0 Å². The molecule has 39 heavy (non-hydrogen) atoms. The second-order valence-electron chi connectivity index (χ2n) is 10.1. The molecular formula is C26H39N5O8. The first-order valence-corrected chi connectivity index (χ1v) is 12.6. The minimum Gasteiger partial charge on any atom is -0.460 e. The number of ether oxygens (including phenoxy) is 1. The molecule has 0 bridgehead atoms. The largest absolute Gasteiger partial charge is 0.503 e. The summed E-state index contributed by atoms with van der Waals surface area (Å²) in [5.41, 5.74) is 6.22. The zero-order chi connectivity index (χ0) is 29.6. The smallest absolute Gasteiger partial charge is 0.460 e. The Labute approximate surface area is 227 Å². The highest BCUT2D eigenvalue weighted by Crippen LogP contribution is 2.18. The summed E-state index contributed by atoms with van der Waals surface area (Å²) in [4.78, 5) is 58.2. The number of benzene rings is 1. The number of rotatable bonds is 11. The van der Waals surface area contributed by atoms with Crippen LogP contribution in [0, 0.1) is 5.41 Å². The predicted octanol–water partition coefficient (Wildman–Crippen LogP) is 1.52. The Morgan fingerprint density at radius 3 is 2.13 bits per heavy atom. The maximum atomic E-state index is 12.8. The topological polar surface area (TPSA) is 221 Å². The molecule has 1 saturated carbocycles. The summed E-state index contributed by atoms with van der Waals surface area (Å²) in [7, 11) is 0. The lowest BCUT2D eigenvalue weighted by molar-refractivity contribution is -0.156. The summed E-state index contributed by atoms with van der Waals surface area (Å²) in [6.45, 7) is 4.86. The van der Waals surface area contributed by atoms with Gasteiger partial charge in [0.1, 0.15) is 17.5 Å². The summed E-state index contributed by atoms with van der Waals surface area (Å²) in [5, 5.41) is 29.3. The number of aryl methyl sites for hydroxylation is 1. The van der Waals surface area contributed by atoms with Gasteiger partial charge in [-0.25, -0.2) is 4.79 Å². The number of esters is 1. The maximum absolute atomic E-state index is 12.8. The van der Waals surface area contributed by atoms with Crippen LogP contribution in [0.2, 0.25) is 0 Å². The second-order valence-corrected chi connectivity index (χ2v) is 10.1. The molecule has 0 heterocycles. The van der Waals surface area contributed by atoms with Gasteiger partial charge < -0.3 is 36.6 Å². The molecule has 8 N–H and O–H groups in total. The minimum absolute atomic E-state index is 0.0257. The van der Waals surface area contributed by atoms with Gasteiger partial charge in [0.2, 0.25) is 17.7 Å². The normalized spacial score (nSPS) is 13.7. The first kappa shape index (κ1) is 32.9. The predicted molar refractivity (Wildman–Crippen MR) is 142 cm³/mol. The summed E-state index contributed by atoms with van der Waals surface area (Å²) in [5.74, 6) is -1.95. The van der Waals surface area contributed by atoms with E-state index in [9.17, 15) is 19.2 Å². The molecule has 1 fully saturated rings. The van der Waals surface area contributed by atoms with Crippen LogP contribution in [-0.4, -0.2) is 70.1 Å². The van der Waals surface area contributed by atoms with Gasteiger partial charge in [0.25, 0.3) is 0 Å². The molecule has 13 heteroatoms. The first-order chi connectivity index (χ1) is 18.2. The molecule has 13 nitrogen and oxygen atoms in total. The lowest BCUT2D eigenvalue weighted by atomic mass is 10.1. The Hall–Kier alpha value is -4.16. The number of carboxylic acid groups (broad SMARTS) is 2. The van der Waals surface area contributed by atoms with Crippen molar-refractivity contribution in [2.75, 3.05) is 6.54 Å². The van der Waals surface area contributed by atoms with E-state index in [0.717, 1.165) is 31.2 Å². The van der Waals surface area contributed by atoms with Gasteiger partial charge in [-0.2, -0.15) is 0 Å². The van der Waals surface area contributed by atoms with Crippen molar-refractivity contribution in [2.24, 2.45) is 5.73 Å². The summed E-state index contributed by atoms with van der Waals surface area (Å²) in [6.07, 6.45) is 2.28. The van der Waals surface area contributed by atoms with Crippen molar-refractivity contribution in [2.45, 2.75) is 83.4 Å². The van der Waals surface area contributed by atoms with Crippen LogP contribution in [0.3, 0.4) is 0 Å². The van der Waals surface area contributed by atoms with E-state index in [1.807, 2.05) is 0 Å². The lowest BCUT2D eigenvalue weighted by Crippen LogP contribution is -2.52. The van der Waals surface area contributed by atoms with Crippen LogP contribution in [0.15, 0.2) is 24.3 Å². The molecule has 0 aromatic heterocycles. The van der Waals surface area contributed by atoms with Gasteiger partial charge in [-0.05, 0) is 45.6 Å². The van der Waals surface area contributed by atoms with Crippen molar-refractivity contribution in [1.82, 2.24) is 16.0 Å². The van der Waals surface area contributed by atoms with Crippen molar-refractivity contribution in [3.8, 4) is 0 Å². The molecule has 1 atom stereocenters. The van der Waals surface area contributed by atoms with Crippen LogP contribution in [0.5, 0.6) is 0 Å². The molecule has 1 aromatic carbocycles. The molecule has 1 aliphatic carbocycles. The summed E-state index contributed by atoms with van der Waals surface area (Å²) in [6, 6.07) is 5.95. The SMILES string of the molecule is CC(C)(C)OC(=O)C[C@H](NC(=O)CNC(=O)CCc1ccc(C(=N)N)cc1)C(=O)NC1CCCC1.O=C(O)O. The van der Waals surface area contributed by atoms with Crippen molar-refractivity contribution in [3.63, 3.8) is 0 Å². The number of nitrogens with two attached hydrogens (primary N) is 1. The van der Waals surface area contributed by atoms with Crippen molar-refractivity contribution < 1.29 is 38.9 Å². The van der Waals surface area contributed by atoms with Crippen LogP contribution in [0.25, 0.3) is 0 Å². The number of amidine groups is 1. The zero-order valence-electron chi connectivity index (χ0n) is 22.5. The number of hydrogen-bond acceptors (Lipinski definition) is 7. The van der Waals surface area contributed by atoms with E-state index < -0.39 is 35.6 Å². The highest BCUT2D eigenvalue weighted by Gasteiger charge is 2.29. The molecule has 2 rings (SSSR count). The third kappa shape index (κ3) is 15.0. The molecule has 0 spiro atoms. The van der Waals surface area contributed by atoms with Crippen LogP contribution in [0.1, 0.15) is 70.4 Å².